The Bertz CT molecular complexity index is 431. The van der Waals surface area contributed by atoms with E-state index in [1.165, 1.54) is 6.07 Å². The minimum Gasteiger partial charge on any atom is -0.330 e. The van der Waals surface area contributed by atoms with Gasteiger partial charge in [-0.05, 0) is 43.5 Å². The molecule has 3 nitrogen and oxygen atoms in total. The van der Waals surface area contributed by atoms with Crippen LogP contribution in [0.25, 0.3) is 0 Å². The number of nitrogens with one attached hydrogen (secondary N) is 1. The van der Waals surface area contributed by atoms with Crippen molar-refractivity contribution in [3.05, 3.63) is 29.1 Å². The summed E-state index contributed by atoms with van der Waals surface area (Å²) in [4.78, 5) is 11.4. The van der Waals surface area contributed by atoms with Gasteiger partial charge in [0, 0.05) is 0 Å². The van der Waals surface area contributed by atoms with Crippen LogP contribution in [-0.2, 0) is 11.2 Å². The third-order valence-corrected chi connectivity index (χ3v) is 2.96. The number of rotatable bonds is 3. The van der Waals surface area contributed by atoms with Gasteiger partial charge in [0.05, 0.1) is 11.6 Å². The van der Waals surface area contributed by atoms with Crippen LogP contribution in [0.5, 0.6) is 0 Å². The lowest BCUT2D eigenvalue weighted by molar-refractivity contribution is -0.116. The highest BCUT2D eigenvalue weighted by Crippen LogP contribution is 2.35. The highest BCUT2D eigenvalue weighted by Gasteiger charge is 2.29. The fourth-order valence-corrected chi connectivity index (χ4v) is 1.98. The van der Waals surface area contributed by atoms with Crippen molar-refractivity contribution < 1.29 is 9.18 Å². The van der Waals surface area contributed by atoms with Crippen molar-refractivity contribution >= 4 is 11.6 Å². The number of nitrogens with two attached hydrogens (primary N) is 1. The van der Waals surface area contributed by atoms with E-state index in [0.717, 1.165) is 24.0 Å². The molecular weight excluding hydrogens is 207 g/mol. The Hall–Kier alpha value is -1.42. The molecule has 3 N–H and O–H groups in total. The van der Waals surface area contributed by atoms with E-state index in [9.17, 15) is 9.18 Å². The number of hydrogen-bond acceptors (Lipinski definition) is 2. The molecule has 1 unspecified atom stereocenters. The van der Waals surface area contributed by atoms with Gasteiger partial charge in [-0.2, -0.15) is 0 Å². The van der Waals surface area contributed by atoms with Gasteiger partial charge in [-0.3, -0.25) is 4.79 Å². The van der Waals surface area contributed by atoms with Crippen molar-refractivity contribution in [2.45, 2.75) is 25.7 Å². The molecule has 0 spiro atoms. The average Bonchev–Trinajstić information content (AvgIpc) is 2.54. The quantitative estimate of drug-likeness (QED) is 0.819. The summed E-state index contributed by atoms with van der Waals surface area (Å²) in [5.41, 5.74) is 7.43. The number of anilines is 1. The van der Waals surface area contributed by atoms with E-state index in [-0.39, 0.29) is 17.6 Å². The Balaban J connectivity index is 2.35. The summed E-state index contributed by atoms with van der Waals surface area (Å²) >= 11 is 0. The second kappa shape index (κ2) is 4.22. The Kier molecular flexibility index (Phi) is 2.92. The fourth-order valence-electron chi connectivity index (χ4n) is 1.98. The average molecular weight is 222 g/mol. The zero-order valence-corrected chi connectivity index (χ0v) is 9.22. The lowest BCUT2D eigenvalue weighted by Gasteiger charge is -2.06. The lowest BCUT2D eigenvalue weighted by atomic mass is 9.98. The summed E-state index contributed by atoms with van der Waals surface area (Å²) in [5, 5.41) is 2.56. The first-order chi connectivity index (χ1) is 7.63. The normalized spacial score (nSPS) is 18.4. The van der Waals surface area contributed by atoms with Gasteiger partial charge in [-0.1, -0.05) is 6.07 Å². The van der Waals surface area contributed by atoms with Crippen LogP contribution in [0.2, 0.25) is 0 Å². The van der Waals surface area contributed by atoms with Crippen LogP contribution in [0.3, 0.4) is 0 Å². The number of fused-ring (bicyclic) bond motifs is 1. The van der Waals surface area contributed by atoms with Gasteiger partial charge in [0.1, 0.15) is 5.82 Å². The topological polar surface area (TPSA) is 55.1 Å². The Morgan fingerprint density at radius 2 is 2.25 bits per heavy atom. The van der Waals surface area contributed by atoms with E-state index in [0.29, 0.717) is 12.2 Å². The maximum absolute atomic E-state index is 13.7. The first kappa shape index (κ1) is 11.1. The molecule has 1 aromatic rings. The standard InChI is InChI=1S/C12H15FN2O/c1-7-9-5-8(3-2-4-14)6-10(13)11(9)15-12(7)16/h5-7H,2-4,14H2,1H3,(H,15,16). The van der Waals surface area contributed by atoms with Gasteiger partial charge in [-0.15, -0.1) is 0 Å². The molecule has 0 saturated heterocycles. The van der Waals surface area contributed by atoms with Crippen molar-refractivity contribution in [3.8, 4) is 0 Å². The van der Waals surface area contributed by atoms with Crippen LogP contribution in [-0.4, -0.2) is 12.5 Å². The van der Waals surface area contributed by atoms with Crippen molar-refractivity contribution in [1.82, 2.24) is 0 Å². The summed E-state index contributed by atoms with van der Waals surface area (Å²) in [6, 6.07) is 3.38. The molecule has 0 saturated carbocycles. The predicted molar refractivity (Wildman–Crippen MR) is 60.8 cm³/mol. The maximum Gasteiger partial charge on any atom is 0.231 e. The van der Waals surface area contributed by atoms with Crippen molar-refractivity contribution in [1.29, 1.82) is 0 Å². The van der Waals surface area contributed by atoms with E-state index >= 15 is 0 Å². The number of carbonyl (C=O) groups is 1. The second-order valence-corrected chi connectivity index (χ2v) is 4.15. The largest absolute Gasteiger partial charge is 0.330 e. The molecule has 86 valence electrons. The first-order valence-electron chi connectivity index (χ1n) is 5.46. The summed E-state index contributed by atoms with van der Waals surface area (Å²) in [7, 11) is 0. The monoisotopic (exact) mass is 222 g/mol. The molecule has 4 heteroatoms. The van der Waals surface area contributed by atoms with Crippen molar-refractivity contribution in [2.24, 2.45) is 5.73 Å². The lowest BCUT2D eigenvalue weighted by Crippen LogP contribution is -2.08. The second-order valence-electron chi connectivity index (χ2n) is 4.15. The van der Waals surface area contributed by atoms with Crippen LogP contribution >= 0.6 is 0 Å². The Labute approximate surface area is 93.8 Å². The van der Waals surface area contributed by atoms with Crippen LogP contribution in [0.1, 0.15) is 30.4 Å². The summed E-state index contributed by atoms with van der Waals surface area (Å²) < 4.78 is 13.7. The van der Waals surface area contributed by atoms with Gasteiger partial charge in [-0.25, -0.2) is 4.39 Å². The third-order valence-electron chi connectivity index (χ3n) is 2.96. The fraction of sp³-hybridized carbons (Fsp3) is 0.417. The summed E-state index contributed by atoms with van der Waals surface area (Å²) in [5.74, 6) is -0.741. The predicted octanol–water partition coefficient (Wildman–Crippen LogP) is 1.77. The summed E-state index contributed by atoms with van der Waals surface area (Å²) in [6.45, 7) is 2.37. The minimum atomic E-state index is -0.345. The molecule has 0 fully saturated rings. The van der Waals surface area contributed by atoms with Crippen LogP contribution in [0, 0.1) is 5.82 Å². The molecule has 1 amide bonds. The van der Waals surface area contributed by atoms with Gasteiger partial charge in [0.25, 0.3) is 0 Å². The molecular formula is C12H15FN2O. The molecule has 1 aliphatic rings. The highest BCUT2D eigenvalue weighted by atomic mass is 19.1. The van der Waals surface area contributed by atoms with Crippen molar-refractivity contribution in [2.75, 3.05) is 11.9 Å². The number of amides is 1. The van der Waals surface area contributed by atoms with Gasteiger partial charge in [0.2, 0.25) is 5.91 Å². The zero-order valence-electron chi connectivity index (χ0n) is 9.22. The Morgan fingerprint density at radius 1 is 1.50 bits per heavy atom. The third kappa shape index (κ3) is 1.80. The summed E-state index contributed by atoms with van der Waals surface area (Å²) in [6.07, 6.45) is 1.58. The van der Waals surface area contributed by atoms with Crippen LogP contribution in [0.4, 0.5) is 10.1 Å². The number of benzene rings is 1. The number of halogens is 1. The molecule has 0 aliphatic carbocycles. The van der Waals surface area contributed by atoms with Gasteiger partial charge >= 0.3 is 0 Å². The minimum absolute atomic E-state index is 0.134. The molecule has 1 aromatic carbocycles. The van der Waals surface area contributed by atoms with Crippen LogP contribution < -0.4 is 11.1 Å². The molecule has 0 radical (unpaired) electrons. The zero-order chi connectivity index (χ0) is 11.7. The maximum atomic E-state index is 13.7. The molecule has 0 bridgehead atoms. The van der Waals surface area contributed by atoms with Crippen molar-refractivity contribution in [3.63, 3.8) is 0 Å². The number of carbonyl (C=O) groups excluding carboxylic acids is 1. The molecule has 1 heterocycles. The SMILES string of the molecule is CC1C(=O)Nc2c(F)cc(CCCN)cc21. The van der Waals surface area contributed by atoms with E-state index in [1.54, 1.807) is 6.92 Å². The first-order valence-corrected chi connectivity index (χ1v) is 5.46. The molecule has 0 aromatic heterocycles. The highest BCUT2D eigenvalue weighted by molar-refractivity contribution is 6.02. The van der Waals surface area contributed by atoms with E-state index < -0.39 is 0 Å². The Morgan fingerprint density at radius 3 is 2.94 bits per heavy atom. The smallest absolute Gasteiger partial charge is 0.231 e. The number of hydrogen-bond donors (Lipinski definition) is 2. The molecule has 16 heavy (non-hydrogen) atoms. The van der Waals surface area contributed by atoms with Crippen LogP contribution in [0.15, 0.2) is 12.1 Å². The molecule has 1 aliphatic heterocycles. The van der Waals surface area contributed by atoms with Gasteiger partial charge < -0.3 is 11.1 Å². The van der Waals surface area contributed by atoms with E-state index in [2.05, 4.69) is 5.32 Å². The molecule has 2 rings (SSSR count). The van der Waals surface area contributed by atoms with E-state index in [4.69, 9.17) is 5.73 Å². The van der Waals surface area contributed by atoms with E-state index in [1.807, 2.05) is 6.07 Å². The molecule has 1 atom stereocenters. The van der Waals surface area contributed by atoms with Gasteiger partial charge in [0.15, 0.2) is 0 Å². The number of aryl methyl sites for hydroxylation is 1.